The van der Waals surface area contributed by atoms with Gasteiger partial charge in [0.15, 0.2) is 0 Å². The van der Waals surface area contributed by atoms with Crippen LogP contribution in [0.3, 0.4) is 0 Å². The summed E-state index contributed by atoms with van der Waals surface area (Å²) >= 11 is 0. The van der Waals surface area contributed by atoms with E-state index in [1.807, 2.05) is 0 Å². The third-order valence-corrected chi connectivity index (χ3v) is 3.52. The van der Waals surface area contributed by atoms with Gasteiger partial charge in [-0.2, -0.15) is 5.10 Å². The van der Waals surface area contributed by atoms with Crippen LogP contribution in [0.15, 0.2) is 5.10 Å². The number of carbonyl (C=O) groups excluding carboxylic acids is 1. The number of sulfone groups is 1. The number of hydrogen-bond donors (Lipinski definition) is 0. The van der Waals surface area contributed by atoms with Gasteiger partial charge in [0, 0.05) is 6.26 Å². The summed E-state index contributed by atoms with van der Waals surface area (Å²) in [7, 11) is -3.02. The van der Waals surface area contributed by atoms with Gasteiger partial charge in [0.25, 0.3) is 0 Å². The zero-order chi connectivity index (χ0) is 11.1. The number of hydrazone groups is 1. The number of nitrogens with zero attached hydrogens (tertiary/aromatic N) is 2. The molecule has 1 fully saturated rings. The molecular weight excluding hydrogens is 216 g/mol. The fourth-order valence-corrected chi connectivity index (χ4v) is 2.07. The summed E-state index contributed by atoms with van der Waals surface area (Å²) in [5.74, 6) is 0.401. The molecule has 5 nitrogen and oxygen atoms in total. The monoisotopic (exact) mass is 230 g/mol. The molecule has 2 rings (SSSR count). The second kappa shape index (κ2) is 3.59. The molecular formula is C9H14N2O3S. The highest BCUT2D eigenvalue weighted by Gasteiger charge is 2.34. The fraction of sp³-hybridized carbons (Fsp3) is 0.778. The van der Waals surface area contributed by atoms with Crippen LogP contribution in [0.5, 0.6) is 0 Å². The van der Waals surface area contributed by atoms with Crippen molar-refractivity contribution in [1.29, 1.82) is 0 Å². The molecule has 15 heavy (non-hydrogen) atoms. The predicted octanol–water partition coefficient (Wildman–Crippen LogP) is 0.0293. The van der Waals surface area contributed by atoms with Crippen molar-refractivity contribution >= 4 is 21.5 Å². The Balaban J connectivity index is 1.94. The van der Waals surface area contributed by atoms with Gasteiger partial charge >= 0.3 is 0 Å². The third-order valence-electron chi connectivity index (χ3n) is 2.59. The molecule has 0 aromatic rings. The Labute approximate surface area is 89.1 Å². The van der Waals surface area contributed by atoms with Gasteiger partial charge in [-0.25, -0.2) is 13.4 Å². The van der Waals surface area contributed by atoms with Crippen molar-refractivity contribution in [2.45, 2.75) is 19.3 Å². The Hall–Kier alpha value is -0.910. The van der Waals surface area contributed by atoms with Crippen LogP contribution in [0.25, 0.3) is 0 Å². The van der Waals surface area contributed by atoms with Gasteiger partial charge in [0.2, 0.25) is 5.91 Å². The molecule has 2 aliphatic rings. The standard InChI is InChI=1S/C9H14N2O3S/c1-15(13,14)5-4-11-9(12)6-8(10-11)7-2-3-7/h7H,2-6H2,1H3. The molecule has 0 atom stereocenters. The van der Waals surface area contributed by atoms with Gasteiger partial charge in [-0.1, -0.05) is 0 Å². The zero-order valence-electron chi connectivity index (χ0n) is 8.64. The molecule has 1 aliphatic carbocycles. The Bertz CT molecular complexity index is 409. The first-order chi connectivity index (χ1) is 6.96. The SMILES string of the molecule is CS(=O)(=O)CCN1N=C(C2CC2)CC1=O. The van der Waals surface area contributed by atoms with Crippen LogP contribution >= 0.6 is 0 Å². The Kier molecular flexibility index (Phi) is 2.54. The van der Waals surface area contributed by atoms with Gasteiger partial charge in [0.1, 0.15) is 9.84 Å². The first kappa shape index (κ1) is 10.6. The van der Waals surface area contributed by atoms with E-state index < -0.39 is 9.84 Å². The lowest BCUT2D eigenvalue weighted by Gasteiger charge is -2.09. The van der Waals surface area contributed by atoms with E-state index in [2.05, 4.69) is 5.10 Å². The van der Waals surface area contributed by atoms with Crippen LogP contribution < -0.4 is 0 Å². The van der Waals surface area contributed by atoms with E-state index in [-0.39, 0.29) is 18.2 Å². The minimum absolute atomic E-state index is 0.0137. The van der Waals surface area contributed by atoms with E-state index in [0.717, 1.165) is 18.6 Å². The van der Waals surface area contributed by atoms with Crippen molar-refractivity contribution in [2.75, 3.05) is 18.6 Å². The summed E-state index contributed by atoms with van der Waals surface area (Å²) in [6.45, 7) is 0.188. The predicted molar refractivity (Wildman–Crippen MR) is 56.2 cm³/mol. The van der Waals surface area contributed by atoms with Crippen LogP contribution in [0.2, 0.25) is 0 Å². The first-order valence-electron chi connectivity index (χ1n) is 5.01. The van der Waals surface area contributed by atoms with E-state index in [1.165, 1.54) is 11.3 Å². The van der Waals surface area contributed by atoms with Gasteiger partial charge in [-0.05, 0) is 18.8 Å². The molecule has 0 bridgehead atoms. The summed E-state index contributed by atoms with van der Waals surface area (Å²) in [6.07, 6.45) is 3.78. The Morgan fingerprint density at radius 1 is 1.47 bits per heavy atom. The highest BCUT2D eigenvalue weighted by Crippen LogP contribution is 2.34. The van der Waals surface area contributed by atoms with Crippen LogP contribution in [0, 0.1) is 5.92 Å². The number of amides is 1. The van der Waals surface area contributed by atoms with Gasteiger partial charge < -0.3 is 0 Å². The van der Waals surface area contributed by atoms with Crippen molar-refractivity contribution in [1.82, 2.24) is 5.01 Å². The smallest absolute Gasteiger partial charge is 0.248 e. The Morgan fingerprint density at radius 2 is 2.13 bits per heavy atom. The van der Waals surface area contributed by atoms with E-state index in [0.29, 0.717) is 12.3 Å². The topological polar surface area (TPSA) is 66.8 Å². The van der Waals surface area contributed by atoms with Crippen LogP contribution in [-0.2, 0) is 14.6 Å². The summed E-state index contributed by atoms with van der Waals surface area (Å²) in [4.78, 5) is 11.5. The zero-order valence-corrected chi connectivity index (χ0v) is 9.46. The highest BCUT2D eigenvalue weighted by atomic mass is 32.2. The fourth-order valence-electron chi connectivity index (χ4n) is 1.56. The van der Waals surface area contributed by atoms with E-state index in [9.17, 15) is 13.2 Å². The number of carbonyl (C=O) groups is 1. The molecule has 6 heteroatoms. The average molecular weight is 230 g/mol. The molecule has 0 aromatic carbocycles. The highest BCUT2D eigenvalue weighted by molar-refractivity contribution is 7.90. The van der Waals surface area contributed by atoms with Crippen molar-refractivity contribution in [2.24, 2.45) is 11.0 Å². The third kappa shape index (κ3) is 2.77. The second-order valence-electron chi connectivity index (χ2n) is 4.19. The molecule has 1 heterocycles. The van der Waals surface area contributed by atoms with E-state index in [4.69, 9.17) is 0 Å². The number of rotatable bonds is 4. The van der Waals surface area contributed by atoms with Gasteiger partial charge in [-0.15, -0.1) is 0 Å². The number of hydrogen-bond acceptors (Lipinski definition) is 4. The maximum absolute atomic E-state index is 11.5. The van der Waals surface area contributed by atoms with Crippen molar-refractivity contribution in [3.8, 4) is 0 Å². The minimum Gasteiger partial charge on any atom is -0.273 e. The van der Waals surface area contributed by atoms with Gasteiger partial charge in [0.05, 0.1) is 24.4 Å². The average Bonchev–Trinajstić information content (AvgIpc) is 2.87. The first-order valence-corrected chi connectivity index (χ1v) is 7.07. The molecule has 1 amide bonds. The van der Waals surface area contributed by atoms with Crippen molar-refractivity contribution in [3.05, 3.63) is 0 Å². The van der Waals surface area contributed by atoms with Gasteiger partial charge in [-0.3, -0.25) is 4.79 Å². The lowest BCUT2D eigenvalue weighted by molar-refractivity contribution is -0.128. The molecule has 84 valence electrons. The van der Waals surface area contributed by atoms with Crippen molar-refractivity contribution < 1.29 is 13.2 Å². The Morgan fingerprint density at radius 3 is 2.67 bits per heavy atom. The largest absolute Gasteiger partial charge is 0.273 e. The minimum atomic E-state index is -3.02. The van der Waals surface area contributed by atoms with E-state index in [1.54, 1.807) is 0 Å². The molecule has 0 N–H and O–H groups in total. The summed E-state index contributed by atoms with van der Waals surface area (Å²) < 4.78 is 21.9. The van der Waals surface area contributed by atoms with Crippen LogP contribution in [0.1, 0.15) is 19.3 Å². The normalized spacial score (nSPS) is 22.1. The second-order valence-corrected chi connectivity index (χ2v) is 6.45. The molecule has 0 aromatic heterocycles. The quantitative estimate of drug-likeness (QED) is 0.684. The van der Waals surface area contributed by atoms with Crippen LogP contribution in [-0.4, -0.2) is 43.6 Å². The maximum Gasteiger partial charge on any atom is 0.248 e. The lowest BCUT2D eigenvalue weighted by atomic mass is 10.2. The molecule has 1 aliphatic heterocycles. The molecule has 0 unspecified atom stereocenters. The lowest BCUT2D eigenvalue weighted by Crippen LogP contribution is -2.26. The molecule has 0 saturated heterocycles. The van der Waals surface area contributed by atoms with Crippen LogP contribution in [0.4, 0.5) is 0 Å². The molecule has 1 saturated carbocycles. The maximum atomic E-state index is 11.5. The molecule has 0 spiro atoms. The summed E-state index contributed by atoms with van der Waals surface area (Å²) in [5.41, 5.74) is 0.938. The van der Waals surface area contributed by atoms with E-state index >= 15 is 0 Å². The summed E-state index contributed by atoms with van der Waals surface area (Å²) in [6, 6.07) is 0. The molecule has 0 radical (unpaired) electrons. The summed E-state index contributed by atoms with van der Waals surface area (Å²) in [5, 5.41) is 5.47. The van der Waals surface area contributed by atoms with Crippen molar-refractivity contribution in [3.63, 3.8) is 0 Å².